The number of nitrogens with zero attached hydrogens (tertiary/aromatic N) is 3. The van der Waals surface area contributed by atoms with Crippen molar-refractivity contribution in [3.8, 4) is 0 Å². The van der Waals surface area contributed by atoms with E-state index in [0.717, 1.165) is 31.1 Å². The molecule has 0 radical (unpaired) electrons. The van der Waals surface area contributed by atoms with Gasteiger partial charge in [-0.05, 0) is 45.4 Å². The second kappa shape index (κ2) is 6.30. The van der Waals surface area contributed by atoms with Gasteiger partial charge in [0.15, 0.2) is 0 Å². The quantitative estimate of drug-likeness (QED) is 0.926. The predicted molar refractivity (Wildman–Crippen MR) is 88.5 cm³/mol. The molecule has 0 aromatic carbocycles. The number of hydrogen-bond acceptors (Lipinski definition) is 4. The van der Waals surface area contributed by atoms with Crippen LogP contribution in [0.15, 0.2) is 12.4 Å². The summed E-state index contributed by atoms with van der Waals surface area (Å²) >= 11 is 0. The highest BCUT2D eigenvalue weighted by Gasteiger charge is 2.23. The van der Waals surface area contributed by atoms with Gasteiger partial charge in [-0.1, -0.05) is 13.8 Å². The summed E-state index contributed by atoms with van der Waals surface area (Å²) < 4.78 is 0. The van der Waals surface area contributed by atoms with E-state index in [1.807, 2.05) is 12.4 Å². The molecule has 0 aliphatic carbocycles. The summed E-state index contributed by atoms with van der Waals surface area (Å²) in [5, 5.41) is 3.47. The molecule has 0 spiro atoms. The van der Waals surface area contributed by atoms with Crippen LogP contribution in [0.1, 0.15) is 59.6 Å². The lowest BCUT2D eigenvalue weighted by Gasteiger charge is -2.24. The largest absolute Gasteiger partial charge is 0.355 e. The van der Waals surface area contributed by atoms with Gasteiger partial charge in [0.1, 0.15) is 5.82 Å². The van der Waals surface area contributed by atoms with Crippen molar-refractivity contribution < 1.29 is 0 Å². The van der Waals surface area contributed by atoms with Crippen molar-refractivity contribution in [1.29, 1.82) is 0 Å². The molecular formula is C17H30N4. The molecule has 1 aliphatic heterocycles. The number of rotatable bonds is 3. The lowest BCUT2D eigenvalue weighted by atomic mass is 9.85. The molecule has 4 heteroatoms. The zero-order chi connectivity index (χ0) is 15.5. The molecule has 118 valence electrons. The molecule has 0 saturated carbocycles. The topological polar surface area (TPSA) is 41.1 Å². The SMILES string of the molecule is CC1(C)CCCN(c2cncc(CNC(C)(C)C)n2)CC1. The zero-order valence-corrected chi connectivity index (χ0v) is 14.2. The van der Waals surface area contributed by atoms with Crippen LogP contribution in [0.5, 0.6) is 0 Å². The van der Waals surface area contributed by atoms with Crippen LogP contribution in [0.25, 0.3) is 0 Å². The fourth-order valence-electron chi connectivity index (χ4n) is 2.64. The van der Waals surface area contributed by atoms with Crippen molar-refractivity contribution in [1.82, 2.24) is 15.3 Å². The van der Waals surface area contributed by atoms with Crippen molar-refractivity contribution in [3.63, 3.8) is 0 Å². The molecule has 1 saturated heterocycles. The van der Waals surface area contributed by atoms with Crippen LogP contribution in [0, 0.1) is 5.41 Å². The van der Waals surface area contributed by atoms with Gasteiger partial charge < -0.3 is 10.2 Å². The Balaban J connectivity index is 2.03. The minimum absolute atomic E-state index is 0.102. The predicted octanol–water partition coefficient (Wildman–Crippen LogP) is 3.38. The number of anilines is 1. The van der Waals surface area contributed by atoms with E-state index in [2.05, 4.69) is 49.8 Å². The highest BCUT2D eigenvalue weighted by atomic mass is 15.2. The third-order valence-electron chi connectivity index (χ3n) is 4.14. The lowest BCUT2D eigenvalue weighted by molar-refractivity contribution is 0.325. The molecule has 1 aromatic heterocycles. The Morgan fingerprint density at radius 1 is 1.19 bits per heavy atom. The summed E-state index contributed by atoms with van der Waals surface area (Å²) in [4.78, 5) is 11.6. The van der Waals surface area contributed by atoms with E-state index in [1.165, 1.54) is 19.3 Å². The molecule has 1 fully saturated rings. The molecule has 0 unspecified atom stereocenters. The van der Waals surface area contributed by atoms with Crippen LogP contribution in [0.3, 0.4) is 0 Å². The van der Waals surface area contributed by atoms with E-state index in [0.29, 0.717) is 5.41 Å². The summed E-state index contributed by atoms with van der Waals surface area (Å²) in [7, 11) is 0. The van der Waals surface area contributed by atoms with Crippen LogP contribution < -0.4 is 10.2 Å². The van der Waals surface area contributed by atoms with Crippen LogP contribution in [0.4, 0.5) is 5.82 Å². The molecule has 0 amide bonds. The van der Waals surface area contributed by atoms with Crippen molar-refractivity contribution in [2.24, 2.45) is 5.41 Å². The molecule has 1 aromatic rings. The average molecular weight is 290 g/mol. The van der Waals surface area contributed by atoms with E-state index in [-0.39, 0.29) is 5.54 Å². The molecule has 0 atom stereocenters. The van der Waals surface area contributed by atoms with Crippen molar-refractivity contribution in [3.05, 3.63) is 18.1 Å². The van der Waals surface area contributed by atoms with Gasteiger partial charge >= 0.3 is 0 Å². The van der Waals surface area contributed by atoms with Crippen molar-refractivity contribution >= 4 is 5.82 Å². The summed E-state index contributed by atoms with van der Waals surface area (Å²) in [6.45, 7) is 14.2. The van der Waals surface area contributed by atoms with E-state index < -0.39 is 0 Å². The monoisotopic (exact) mass is 290 g/mol. The lowest BCUT2D eigenvalue weighted by Crippen LogP contribution is -2.35. The highest BCUT2D eigenvalue weighted by molar-refractivity contribution is 5.36. The summed E-state index contributed by atoms with van der Waals surface area (Å²) in [5.41, 5.74) is 1.57. The summed E-state index contributed by atoms with van der Waals surface area (Å²) in [6.07, 6.45) is 7.52. The van der Waals surface area contributed by atoms with Crippen LogP contribution in [0.2, 0.25) is 0 Å². The van der Waals surface area contributed by atoms with Gasteiger partial charge in [-0.25, -0.2) is 4.98 Å². The highest BCUT2D eigenvalue weighted by Crippen LogP contribution is 2.31. The minimum atomic E-state index is 0.102. The Labute approximate surface area is 129 Å². The molecule has 2 rings (SSSR count). The molecule has 1 aliphatic rings. The van der Waals surface area contributed by atoms with Crippen molar-refractivity contribution in [2.75, 3.05) is 18.0 Å². The van der Waals surface area contributed by atoms with E-state index in [1.54, 1.807) is 0 Å². The van der Waals surface area contributed by atoms with E-state index in [9.17, 15) is 0 Å². The van der Waals surface area contributed by atoms with Gasteiger partial charge in [-0.15, -0.1) is 0 Å². The van der Waals surface area contributed by atoms with Crippen LogP contribution in [-0.4, -0.2) is 28.6 Å². The van der Waals surface area contributed by atoms with Crippen molar-refractivity contribution in [2.45, 2.75) is 66.0 Å². The van der Waals surface area contributed by atoms with E-state index >= 15 is 0 Å². The smallest absolute Gasteiger partial charge is 0.147 e. The van der Waals surface area contributed by atoms with Gasteiger partial charge in [0.05, 0.1) is 11.9 Å². The second-order valence-corrected chi connectivity index (χ2v) is 7.98. The standard InChI is InChI=1S/C17H30N4/c1-16(2,3)19-12-14-11-18-13-15(20-14)21-9-6-7-17(4,5)8-10-21/h11,13,19H,6-10,12H2,1-5H3. The number of aromatic nitrogens is 2. The second-order valence-electron chi connectivity index (χ2n) is 7.98. The fraction of sp³-hybridized carbons (Fsp3) is 0.765. The molecular weight excluding hydrogens is 260 g/mol. The maximum atomic E-state index is 4.79. The Hall–Kier alpha value is -1.16. The normalized spacial score (nSPS) is 19.4. The maximum Gasteiger partial charge on any atom is 0.147 e. The third kappa shape index (κ3) is 5.27. The maximum absolute atomic E-state index is 4.79. The third-order valence-corrected chi connectivity index (χ3v) is 4.14. The first-order chi connectivity index (χ1) is 9.75. The zero-order valence-electron chi connectivity index (χ0n) is 14.2. The number of nitrogens with one attached hydrogen (secondary N) is 1. The van der Waals surface area contributed by atoms with Gasteiger partial charge in [-0.3, -0.25) is 4.98 Å². The summed E-state index contributed by atoms with van der Waals surface area (Å²) in [6, 6.07) is 0. The Morgan fingerprint density at radius 3 is 2.67 bits per heavy atom. The average Bonchev–Trinajstić information content (AvgIpc) is 2.57. The van der Waals surface area contributed by atoms with Gasteiger partial charge in [-0.2, -0.15) is 0 Å². The Kier molecular flexibility index (Phi) is 4.87. The summed E-state index contributed by atoms with van der Waals surface area (Å²) in [5.74, 6) is 1.03. The minimum Gasteiger partial charge on any atom is -0.355 e. The molecule has 4 nitrogen and oxygen atoms in total. The van der Waals surface area contributed by atoms with E-state index in [4.69, 9.17) is 4.98 Å². The number of hydrogen-bond donors (Lipinski definition) is 1. The molecule has 0 bridgehead atoms. The van der Waals surface area contributed by atoms with Gasteiger partial charge in [0.25, 0.3) is 0 Å². The fourth-order valence-corrected chi connectivity index (χ4v) is 2.64. The molecule has 1 N–H and O–H groups in total. The molecule has 2 heterocycles. The first-order valence-electron chi connectivity index (χ1n) is 8.06. The first-order valence-corrected chi connectivity index (χ1v) is 8.06. The Morgan fingerprint density at radius 2 is 1.95 bits per heavy atom. The van der Waals surface area contributed by atoms with Crippen LogP contribution >= 0.6 is 0 Å². The first kappa shape index (κ1) is 16.2. The van der Waals surface area contributed by atoms with Gasteiger partial charge in [0.2, 0.25) is 0 Å². The van der Waals surface area contributed by atoms with Gasteiger partial charge in [0, 0.05) is 31.4 Å². The molecule has 21 heavy (non-hydrogen) atoms. The van der Waals surface area contributed by atoms with Crippen LogP contribution in [-0.2, 0) is 6.54 Å². The Bertz CT molecular complexity index is 462.